The van der Waals surface area contributed by atoms with Gasteiger partial charge in [0, 0.05) is 19.5 Å². The second-order valence-corrected chi connectivity index (χ2v) is 5.07. The van der Waals surface area contributed by atoms with Crippen molar-refractivity contribution in [2.45, 2.75) is 25.9 Å². The van der Waals surface area contributed by atoms with Crippen molar-refractivity contribution in [3.63, 3.8) is 0 Å². The molecule has 0 aromatic heterocycles. The standard InChI is InChI=1S/C15H18N2O3/c1-10(2)8-16-15(20)17-9-12-6-4-3-5-11(12)7-13(17)14(18)19/h3-6,13H,1,7-9H2,2H3,(H,16,20)(H,18,19)/t13-/m1/s1. The molecule has 106 valence electrons. The Hall–Kier alpha value is -2.30. The minimum Gasteiger partial charge on any atom is -0.480 e. The van der Waals surface area contributed by atoms with Gasteiger partial charge in [-0.25, -0.2) is 9.59 Å². The second kappa shape index (κ2) is 5.77. The topological polar surface area (TPSA) is 69.6 Å². The largest absolute Gasteiger partial charge is 0.480 e. The summed E-state index contributed by atoms with van der Waals surface area (Å²) in [6.45, 7) is 6.18. The molecule has 1 heterocycles. The van der Waals surface area contributed by atoms with E-state index in [1.54, 1.807) is 6.92 Å². The second-order valence-electron chi connectivity index (χ2n) is 5.07. The minimum atomic E-state index is -0.982. The molecule has 5 heteroatoms. The molecular formula is C15H18N2O3. The van der Waals surface area contributed by atoms with Crippen molar-refractivity contribution in [2.24, 2.45) is 0 Å². The summed E-state index contributed by atoms with van der Waals surface area (Å²) in [5.41, 5.74) is 2.81. The van der Waals surface area contributed by atoms with Crippen molar-refractivity contribution in [2.75, 3.05) is 6.54 Å². The van der Waals surface area contributed by atoms with E-state index in [0.29, 0.717) is 19.5 Å². The monoisotopic (exact) mass is 274 g/mol. The maximum absolute atomic E-state index is 12.1. The molecule has 0 aliphatic carbocycles. The molecule has 20 heavy (non-hydrogen) atoms. The molecule has 1 aliphatic rings. The zero-order valence-electron chi connectivity index (χ0n) is 11.4. The zero-order valence-corrected chi connectivity index (χ0v) is 11.4. The first-order valence-electron chi connectivity index (χ1n) is 6.47. The molecule has 5 nitrogen and oxygen atoms in total. The Kier molecular flexibility index (Phi) is 4.08. The van der Waals surface area contributed by atoms with Gasteiger partial charge in [0.15, 0.2) is 0 Å². The van der Waals surface area contributed by atoms with Crippen LogP contribution in [0.1, 0.15) is 18.1 Å². The number of carboxylic acid groups (broad SMARTS) is 1. The summed E-state index contributed by atoms with van der Waals surface area (Å²) in [5, 5.41) is 12.0. The Balaban J connectivity index is 2.20. The molecule has 2 rings (SSSR count). The van der Waals surface area contributed by atoms with Gasteiger partial charge < -0.3 is 15.3 Å². The van der Waals surface area contributed by atoms with Gasteiger partial charge in [0.25, 0.3) is 0 Å². The van der Waals surface area contributed by atoms with E-state index in [9.17, 15) is 14.7 Å². The summed E-state index contributed by atoms with van der Waals surface area (Å²) < 4.78 is 0. The summed E-state index contributed by atoms with van der Waals surface area (Å²) in [6.07, 6.45) is 0.339. The number of rotatable bonds is 3. The molecule has 1 aromatic rings. The van der Waals surface area contributed by atoms with Gasteiger partial charge in [0.2, 0.25) is 0 Å². The van der Waals surface area contributed by atoms with Crippen LogP contribution in [0.3, 0.4) is 0 Å². The predicted octanol–water partition coefficient (Wildman–Crippen LogP) is 1.78. The first kappa shape index (κ1) is 14.1. The molecule has 0 fully saturated rings. The average Bonchev–Trinajstić information content (AvgIpc) is 2.43. The molecule has 0 unspecified atom stereocenters. The molecule has 0 saturated carbocycles. The highest BCUT2D eigenvalue weighted by Gasteiger charge is 2.34. The van der Waals surface area contributed by atoms with Crippen LogP contribution in [-0.2, 0) is 17.8 Å². The summed E-state index contributed by atoms with van der Waals surface area (Å²) in [5.74, 6) is -0.982. The number of nitrogens with one attached hydrogen (secondary N) is 1. The lowest BCUT2D eigenvalue weighted by Crippen LogP contribution is -2.52. The number of carboxylic acids is 1. The van der Waals surface area contributed by atoms with Crippen LogP contribution in [0.15, 0.2) is 36.4 Å². The molecule has 0 saturated heterocycles. The van der Waals surface area contributed by atoms with Crippen LogP contribution >= 0.6 is 0 Å². The maximum Gasteiger partial charge on any atom is 0.326 e. The van der Waals surface area contributed by atoms with Gasteiger partial charge in [0.1, 0.15) is 6.04 Å². The van der Waals surface area contributed by atoms with E-state index >= 15 is 0 Å². The Bertz CT molecular complexity index is 554. The molecule has 1 aliphatic heterocycles. The fraction of sp³-hybridized carbons (Fsp3) is 0.333. The number of carbonyl (C=O) groups excluding carboxylic acids is 1. The highest BCUT2D eigenvalue weighted by molar-refractivity contribution is 5.83. The number of hydrogen-bond acceptors (Lipinski definition) is 2. The van der Waals surface area contributed by atoms with E-state index in [1.165, 1.54) is 4.90 Å². The van der Waals surface area contributed by atoms with E-state index in [0.717, 1.165) is 16.7 Å². The van der Waals surface area contributed by atoms with Crippen LogP contribution in [0.2, 0.25) is 0 Å². The van der Waals surface area contributed by atoms with Crippen molar-refractivity contribution in [3.8, 4) is 0 Å². The minimum absolute atomic E-state index is 0.315. The van der Waals surface area contributed by atoms with Crippen molar-refractivity contribution in [1.82, 2.24) is 10.2 Å². The normalized spacial score (nSPS) is 17.2. The van der Waals surface area contributed by atoms with Gasteiger partial charge in [-0.2, -0.15) is 0 Å². The number of urea groups is 1. The average molecular weight is 274 g/mol. The number of benzene rings is 1. The van der Waals surface area contributed by atoms with E-state index in [2.05, 4.69) is 11.9 Å². The Morgan fingerprint density at radius 2 is 2.05 bits per heavy atom. The van der Waals surface area contributed by atoms with E-state index in [-0.39, 0.29) is 6.03 Å². The molecule has 0 bridgehead atoms. The van der Waals surface area contributed by atoms with E-state index in [1.807, 2.05) is 24.3 Å². The summed E-state index contributed by atoms with van der Waals surface area (Å²) in [7, 11) is 0. The van der Waals surface area contributed by atoms with Crippen LogP contribution in [-0.4, -0.2) is 34.6 Å². The van der Waals surface area contributed by atoms with Crippen LogP contribution in [0.25, 0.3) is 0 Å². The van der Waals surface area contributed by atoms with Crippen molar-refractivity contribution in [1.29, 1.82) is 0 Å². The maximum atomic E-state index is 12.1. The SMILES string of the molecule is C=C(C)CNC(=O)N1Cc2ccccc2C[C@@H]1C(=O)O. The first-order valence-corrected chi connectivity index (χ1v) is 6.47. The highest BCUT2D eigenvalue weighted by Crippen LogP contribution is 2.23. The quantitative estimate of drug-likeness (QED) is 0.825. The molecule has 2 N–H and O–H groups in total. The third kappa shape index (κ3) is 2.99. The Morgan fingerprint density at radius 1 is 1.40 bits per heavy atom. The number of aliphatic carboxylic acids is 1. The smallest absolute Gasteiger partial charge is 0.326 e. The van der Waals surface area contributed by atoms with Gasteiger partial charge in [-0.3, -0.25) is 0 Å². The summed E-state index contributed by atoms with van der Waals surface area (Å²) in [4.78, 5) is 24.9. The third-order valence-corrected chi connectivity index (χ3v) is 3.34. The number of amides is 2. The highest BCUT2D eigenvalue weighted by atomic mass is 16.4. The lowest BCUT2D eigenvalue weighted by Gasteiger charge is -2.34. The van der Waals surface area contributed by atoms with Gasteiger partial charge in [0.05, 0.1) is 0 Å². The van der Waals surface area contributed by atoms with Crippen LogP contribution < -0.4 is 5.32 Å². The summed E-state index contributed by atoms with van der Waals surface area (Å²) in [6, 6.07) is 6.42. The fourth-order valence-electron chi connectivity index (χ4n) is 2.29. The van der Waals surface area contributed by atoms with Gasteiger partial charge in [-0.05, 0) is 18.1 Å². The molecule has 2 amide bonds. The Labute approximate surface area is 117 Å². The molecular weight excluding hydrogens is 256 g/mol. The number of carbonyl (C=O) groups is 2. The first-order chi connectivity index (χ1) is 9.49. The van der Waals surface area contributed by atoms with Gasteiger partial charge >= 0.3 is 12.0 Å². The lowest BCUT2D eigenvalue weighted by atomic mass is 9.94. The molecule has 1 aromatic carbocycles. The van der Waals surface area contributed by atoms with Crippen molar-refractivity contribution < 1.29 is 14.7 Å². The van der Waals surface area contributed by atoms with E-state index < -0.39 is 12.0 Å². The third-order valence-electron chi connectivity index (χ3n) is 3.34. The molecule has 0 radical (unpaired) electrons. The lowest BCUT2D eigenvalue weighted by molar-refractivity contribution is -0.142. The van der Waals surface area contributed by atoms with Crippen molar-refractivity contribution >= 4 is 12.0 Å². The molecule has 0 spiro atoms. The number of nitrogens with zero attached hydrogens (tertiary/aromatic N) is 1. The fourth-order valence-corrected chi connectivity index (χ4v) is 2.29. The van der Waals surface area contributed by atoms with Crippen LogP contribution in [0, 0.1) is 0 Å². The predicted molar refractivity (Wildman–Crippen MR) is 75.3 cm³/mol. The number of fused-ring (bicyclic) bond motifs is 1. The summed E-state index contributed by atoms with van der Waals surface area (Å²) >= 11 is 0. The van der Waals surface area contributed by atoms with E-state index in [4.69, 9.17) is 0 Å². The molecule has 1 atom stereocenters. The Morgan fingerprint density at radius 3 is 2.65 bits per heavy atom. The van der Waals surface area contributed by atoms with Gasteiger partial charge in [-0.1, -0.05) is 36.4 Å². The number of hydrogen-bond donors (Lipinski definition) is 2. The van der Waals surface area contributed by atoms with Crippen LogP contribution in [0.5, 0.6) is 0 Å². The van der Waals surface area contributed by atoms with Gasteiger partial charge in [-0.15, -0.1) is 0 Å². The van der Waals surface area contributed by atoms with Crippen LogP contribution in [0.4, 0.5) is 4.79 Å². The van der Waals surface area contributed by atoms with Crippen molar-refractivity contribution in [3.05, 3.63) is 47.5 Å². The zero-order chi connectivity index (χ0) is 14.7.